The summed E-state index contributed by atoms with van der Waals surface area (Å²) in [5.74, 6) is 0.249. The van der Waals surface area contributed by atoms with Gasteiger partial charge in [0.25, 0.3) is 0 Å². The van der Waals surface area contributed by atoms with Crippen LogP contribution in [-0.2, 0) is 4.79 Å². The van der Waals surface area contributed by atoms with Crippen LogP contribution in [-0.4, -0.2) is 22.9 Å². The standard InChI is InChI=1S/C14H17ClN2O/c15-10-3-1-9(2-4-10)14-12(16)7-8-13(18)17(14)11-5-6-11/h1-4,11-12,14H,5-8,16H2. The molecule has 0 radical (unpaired) electrons. The number of rotatable bonds is 2. The fraction of sp³-hybridized carbons (Fsp3) is 0.500. The number of likely N-dealkylation sites (tertiary alicyclic amines) is 1. The summed E-state index contributed by atoms with van der Waals surface area (Å²) in [6, 6.07) is 8.17. The zero-order valence-corrected chi connectivity index (χ0v) is 10.9. The summed E-state index contributed by atoms with van der Waals surface area (Å²) in [7, 11) is 0. The monoisotopic (exact) mass is 264 g/mol. The lowest BCUT2D eigenvalue weighted by Crippen LogP contribution is -2.49. The summed E-state index contributed by atoms with van der Waals surface area (Å²) in [6.07, 6.45) is 3.59. The van der Waals surface area contributed by atoms with Crippen LogP contribution in [0, 0.1) is 0 Å². The number of carbonyl (C=O) groups excluding carboxylic acids is 1. The normalized spacial score (nSPS) is 28.6. The topological polar surface area (TPSA) is 46.3 Å². The second-order valence-electron chi connectivity index (χ2n) is 5.23. The van der Waals surface area contributed by atoms with Crippen LogP contribution in [0.4, 0.5) is 0 Å². The fourth-order valence-electron chi connectivity index (χ4n) is 2.79. The summed E-state index contributed by atoms with van der Waals surface area (Å²) in [5.41, 5.74) is 7.34. The smallest absolute Gasteiger partial charge is 0.223 e. The summed E-state index contributed by atoms with van der Waals surface area (Å²) < 4.78 is 0. The molecule has 1 saturated carbocycles. The van der Waals surface area contributed by atoms with Crippen molar-refractivity contribution in [2.24, 2.45) is 5.73 Å². The van der Waals surface area contributed by atoms with Crippen molar-refractivity contribution in [1.29, 1.82) is 0 Å². The van der Waals surface area contributed by atoms with E-state index in [9.17, 15) is 4.79 Å². The minimum absolute atomic E-state index is 0.0241. The number of hydrogen-bond acceptors (Lipinski definition) is 2. The van der Waals surface area contributed by atoms with Crippen molar-refractivity contribution < 1.29 is 4.79 Å². The Bertz CT molecular complexity index is 455. The minimum Gasteiger partial charge on any atom is -0.331 e. The molecule has 3 rings (SSSR count). The summed E-state index contributed by atoms with van der Waals surface area (Å²) in [6.45, 7) is 0. The highest BCUT2D eigenvalue weighted by molar-refractivity contribution is 6.30. The Morgan fingerprint density at radius 3 is 2.44 bits per heavy atom. The van der Waals surface area contributed by atoms with Crippen LogP contribution in [0.15, 0.2) is 24.3 Å². The first kappa shape index (κ1) is 12.0. The number of carbonyl (C=O) groups is 1. The SMILES string of the molecule is NC1CCC(=O)N(C2CC2)C1c1ccc(Cl)cc1. The Balaban J connectivity index is 1.94. The van der Waals surface area contributed by atoms with Crippen molar-refractivity contribution in [3.63, 3.8) is 0 Å². The maximum atomic E-state index is 12.1. The van der Waals surface area contributed by atoms with E-state index in [2.05, 4.69) is 0 Å². The van der Waals surface area contributed by atoms with Crippen LogP contribution < -0.4 is 5.73 Å². The molecular formula is C14H17ClN2O. The van der Waals surface area contributed by atoms with Crippen molar-refractivity contribution in [2.45, 2.75) is 43.8 Å². The molecule has 4 heteroatoms. The molecule has 3 nitrogen and oxygen atoms in total. The van der Waals surface area contributed by atoms with Crippen molar-refractivity contribution in [3.05, 3.63) is 34.9 Å². The van der Waals surface area contributed by atoms with Crippen LogP contribution in [0.1, 0.15) is 37.3 Å². The molecule has 2 fully saturated rings. The van der Waals surface area contributed by atoms with E-state index < -0.39 is 0 Å². The molecule has 1 heterocycles. The quantitative estimate of drug-likeness (QED) is 0.892. The second kappa shape index (κ2) is 4.56. The van der Waals surface area contributed by atoms with Gasteiger partial charge in [-0.05, 0) is 37.0 Å². The van der Waals surface area contributed by atoms with Gasteiger partial charge in [-0.1, -0.05) is 23.7 Å². The molecule has 18 heavy (non-hydrogen) atoms. The van der Waals surface area contributed by atoms with Gasteiger partial charge in [-0.3, -0.25) is 4.79 Å². The van der Waals surface area contributed by atoms with Gasteiger partial charge in [0.1, 0.15) is 0 Å². The number of amides is 1. The van der Waals surface area contributed by atoms with E-state index in [0.717, 1.165) is 24.8 Å². The molecule has 96 valence electrons. The molecule has 1 aromatic carbocycles. The Kier molecular flexibility index (Phi) is 3.04. The summed E-state index contributed by atoms with van der Waals surface area (Å²) in [5, 5.41) is 0.715. The van der Waals surface area contributed by atoms with Gasteiger partial charge in [-0.15, -0.1) is 0 Å². The molecule has 0 spiro atoms. The van der Waals surface area contributed by atoms with Crippen molar-refractivity contribution in [1.82, 2.24) is 4.90 Å². The van der Waals surface area contributed by atoms with Crippen LogP contribution in [0.2, 0.25) is 5.02 Å². The number of benzene rings is 1. The van der Waals surface area contributed by atoms with Crippen LogP contribution in [0.3, 0.4) is 0 Å². The molecule has 2 unspecified atom stereocenters. The largest absolute Gasteiger partial charge is 0.331 e. The van der Waals surface area contributed by atoms with E-state index >= 15 is 0 Å². The number of nitrogens with zero attached hydrogens (tertiary/aromatic N) is 1. The van der Waals surface area contributed by atoms with E-state index in [1.54, 1.807) is 0 Å². The number of hydrogen-bond donors (Lipinski definition) is 1. The van der Waals surface area contributed by atoms with E-state index in [-0.39, 0.29) is 18.0 Å². The molecular weight excluding hydrogens is 248 g/mol. The van der Waals surface area contributed by atoms with E-state index in [4.69, 9.17) is 17.3 Å². The number of piperidine rings is 1. The maximum absolute atomic E-state index is 12.1. The highest BCUT2D eigenvalue weighted by Gasteiger charge is 2.42. The third kappa shape index (κ3) is 2.13. The molecule has 2 aliphatic rings. The first-order valence-electron chi connectivity index (χ1n) is 6.49. The van der Waals surface area contributed by atoms with Crippen molar-refractivity contribution in [2.75, 3.05) is 0 Å². The molecule has 0 bridgehead atoms. The first-order valence-corrected chi connectivity index (χ1v) is 6.87. The van der Waals surface area contributed by atoms with Gasteiger partial charge in [-0.2, -0.15) is 0 Å². The van der Waals surface area contributed by atoms with E-state index in [1.807, 2.05) is 29.2 Å². The lowest BCUT2D eigenvalue weighted by Gasteiger charge is -2.40. The predicted molar refractivity (Wildman–Crippen MR) is 71.3 cm³/mol. The van der Waals surface area contributed by atoms with Crippen molar-refractivity contribution in [3.8, 4) is 0 Å². The maximum Gasteiger partial charge on any atom is 0.223 e. The van der Waals surface area contributed by atoms with Gasteiger partial charge in [0.2, 0.25) is 5.91 Å². The Morgan fingerprint density at radius 2 is 1.83 bits per heavy atom. The molecule has 2 atom stereocenters. The molecule has 1 amide bonds. The molecule has 1 saturated heterocycles. The molecule has 1 aliphatic carbocycles. The molecule has 0 aromatic heterocycles. The Labute approximate surface area is 112 Å². The van der Waals surface area contributed by atoms with Gasteiger partial charge in [0.15, 0.2) is 0 Å². The molecule has 1 aliphatic heterocycles. The molecule has 2 N–H and O–H groups in total. The van der Waals surface area contributed by atoms with Crippen LogP contribution in [0.25, 0.3) is 0 Å². The predicted octanol–water partition coefficient (Wildman–Crippen LogP) is 2.49. The number of halogens is 1. The van der Waals surface area contributed by atoms with Crippen molar-refractivity contribution >= 4 is 17.5 Å². The highest BCUT2D eigenvalue weighted by Crippen LogP contribution is 2.40. The average Bonchev–Trinajstić information content (AvgIpc) is 3.17. The van der Waals surface area contributed by atoms with Crippen LogP contribution in [0.5, 0.6) is 0 Å². The third-order valence-electron chi connectivity index (χ3n) is 3.84. The zero-order chi connectivity index (χ0) is 12.7. The zero-order valence-electron chi connectivity index (χ0n) is 10.2. The number of nitrogens with two attached hydrogens (primary N) is 1. The van der Waals surface area contributed by atoms with Gasteiger partial charge < -0.3 is 10.6 Å². The second-order valence-corrected chi connectivity index (χ2v) is 5.67. The Hall–Kier alpha value is -1.06. The average molecular weight is 265 g/mol. The third-order valence-corrected chi connectivity index (χ3v) is 4.09. The molecule has 1 aromatic rings. The van der Waals surface area contributed by atoms with E-state index in [0.29, 0.717) is 17.5 Å². The minimum atomic E-state index is 0.0241. The summed E-state index contributed by atoms with van der Waals surface area (Å²) >= 11 is 5.92. The van der Waals surface area contributed by atoms with Gasteiger partial charge in [-0.25, -0.2) is 0 Å². The van der Waals surface area contributed by atoms with Gasteiger partial charge in [0.05, 0.1) is 6.04 Å². The van der Waals surface area contributed by atoms with E-state index in [1.165, 1.54) is 0 Å². The highest BCUT2D eigenvalue weighted by atomic mass is 35.5. The lowest BCUT2D eigenvalue weighted by molar-refractivity contribution is -0.138. The fourth-order valence-corrected chi connectivity index (χ4v) is 2.92. The first-order chi connectivity index (χ1) is 8.66. The lowest BCUT2D eigenvalue weighted by atomic mass is 9.90. The van der Waals surface area contributed by atoms with Gasteiger partial charge in [0, 0.05) is 23.5 Å². The summed E-state index contributed by atoms with van der Waals surface area (Å²) in [4.78, 5) is 14.1. The Morgan fingerprint density at radius 1 is 1.17 bits per heavy atom. The van der Waals surface area contributed by atoms with Crippen LogP contribution >= 0.6 is 11.6 Å². The van der Waals surface area contributed by atoms with Gasteiger partial charge >= 0.3 is 0 Å².